The van der Waals surface area contributed by atoms with Gasteiger partial charge in [0.2, 0.25) is 5.91 Å². The van der Waals surface area contributed by atoms with Gasteiger partial charge in [0.25, 0.3) is 0 Å². The van der Waals surface area contributed by atoms with Crippen LogP contribution in [0.5, 0.6) is 0 Å². The second kappa shape index (κ2) is 10.1. The first kappa shape index (κ1) is 22.8. The van der Waals surface area contributed by atoms with Gasteiger partial charge in [-0.3, -0.25) is 9.59 Å². The molecule has 2 amide bonds. The summed E-state index contributed by atoms with van der Waals surface area (Å²) in [6, 6.07) is 15.8. The smallest absolute Gasteiger partial charge is 0.407 e. The molecule has 2 aromatic rings. The number of carboxylic acid groups (broad SMARTS) is 1. The number of carbonyl (C=O) groups excluding carboxylic acids is 2. The maximum Gasteiger partial charge on any atom is 0.407 e. The average molecular weight is 451 g/mol. The number of rotatable bonds is 10. The van der Waals surface area contributed by atoms with Gasteiger partial charge in [-0.05, 0) is 41.5 Å². The molecule has 0 aromatic heterocycles. The van der Waals surface area contributed by atoms with Crippen molar-refractivity contribution in [1.82, 2.24) is 10.6 Å². The van der Waals surface area contributed by atoms with Gasteiger partial charge < -0.3 is 20.5 Å². The van der Waals surface area contributed by atoms with E-state index in [0.717, 1.165) is 35.1 Å². The minimum Gasteiger partial charge on any atom is -0.481 e. The fourth-order valence-corrected chi connectivity index (χ4v) is 4.51. The van der Waals surface area contributed by atoms with E-state index >= 15 is 0 Å². The topological polar surface area (TPSA) is 105 Å². The van der Waals surface area contributed by atoms with Gasteiger partial charge in [-0.1, -0.05) is 61.4 Å². The van der Waals surface area contributed by atoms with Crippen molar-refractivity contribution >= 4 is 18.0 Å². The van der Waals surface area contributed by atoms with Crippen molar-refractivity contribution in [2.24, 2.45) is 11.8 Å². The average Bonchev–Trinajstić information content (AvgIpc) is 3.55. The van der Waals surface area contributed by atoms with Gasteiger partial charge in [0, 0.05) is 24.9 Å². The highest BCUT2D eigenvalue weighted by Gasteiger charge is 2.30. The number of amides is 2. The fraction of sp³-hybridized carbons (Fsp3) is 0.423. The Kier molecular flexibility index (Phi) is 6.96. The highest BCUT2D eigenvalue weighted by molar-refractivity contribution is 5.80. The first-order chi connectivity index (χ1) is 15.9. The van der Waals surface area contributed by atoms with E-state index < -0.39 is 24.0 Å². The zero-order valence-electron chi connectivity index (χ0n) is 18.8. The minimum absolute atomic E-state index is 0.0267. The molecule has 33 heavy (non-hydrogen) atoms. The van der Waals surface area contributed by atoms with E-state index in [9.17, 15) is 19.5 Å². The number of alkyl carbamates (subject to hydrolysis) is 1. The van der Waals surface area contributed by atoms with Crippen molar-refractivity contribution in [3.63, 3.8) is 0 Å². The highest BCUT2D eigenvalue weighted by Crippen LogP contribution is 2.44. The Bertz CT molecular complexity index is 987. The summed E-state index contributed by atoms with van der Waals surface area (Å²) in [5.41, 5.74) is 4.60. The van der Waals surface area contributed by atoms with Crippen LogP contribution in [-0.4, -0.2) is 42.3 Å². The number of carbonyl (C=O) groups is 3. The lowest BCUT2D eigenvalue weighted by Crippen LogP contribution is -2.40. The van der Waals surface area contributed by atoms with E-state index in [0.29, 0.717) is 12.3 Å². The van der Waals surface area contributed by atoms with Gasteiger partial charge in [0.05, 0.1) is 5.92 Å². The molecule has 2 aliphatic carbocycles. The summed E-state index contributed by atoms with van der Waals surface area (Å²) in [7, 11) is 0. The number of fused-ring (bicyclic) bond motifs is 3. The monoisotopic (exact) mass is 450 g/mol. The lowest BCUT2D eigenvalue weighted by atomic mass is 9.98. The molecule has 0 spiro atoms. The lowest BCUT2D eigenvalue weighted by molar-refractivity contribution is -0.142. The van der Waals surface area contributed by atoms with Gasteiger partial charge in [-0.2, -0.15) is 0 Å². The van der Waals surface area contributed by atoms with Crippen molar-refractivity contribution in [1.29, 1.82) is 0 Å². The maximum atomic E-state index is 12.4. The molecule has 2 aromatic carbocycles. The molecule has 0 bridgehead atoms. The second-order valence-corrected chi connectivity index (χ2v) is 9.09. The predicted octanol–water partition coefficient (Wildman–Crippen LogP) is 3.92. The Balaban J connectivity index is 1.23. The third-order valence-electron chi connectivity index (χ3n) is 6.41. The van der Waals surface area contributed by atoms with Crippen molar-refractivity contribution in [2.45, 2.75) is 44.6 Å². The SMILES string of the molecule is C[C@H](CC(=O)NCC(CC1CC1)C(=O)O)NC(=O)OCC1c2ccccc2-c2ccccc21. The predicted molar refractivity (Wildman–Crippen MR) is 124 cm³/mol. The molecule has 2 atom stereocenters. The Morgan fingerprint density at radius 2 is 1.64 bits per heavy atom. The molecule has 0 radical (unpaired) electrons. The zero-order valence-corrected chi connectivity index (χ0v) is 18.8. The third-order valence-corrected chi connectivity index (χ3v) is 6.41. The van der Waals surface area contributed by atoms with E-state index in [-0.39, 0.29) is 31.4 Å². The number of hydrogen-bond donors (Lipinski definition) is 3. The van der Waals surface area contributed by atoms with Crippen LogP contribution in [-0.2, 0) is 14.3 Å². The number of hydrogen-bond acceptors (Lipinski definition) is 4. The minimum atomic E-state index is -0.882. The normalized spacial score (nSPS) is 16.3. The first-order valence-electron chi connectivity index (χ1n) is 11.5. The molecular formula is C26H30N2O5. The molecule has 7 nitrogen and oxygen atoms in total. The van der Waals surface area contributed by atoms with E-state index in [2.05, 4.69) is 34.9 Å². The quantitative estimate of drug-likeness (QED) is 0.509. The van der Waals surface area contributed by atoms with Crippen LogP contribution >= 0.6 is 0 Å². The van der Waals surface area contributed by atoms with Crippen LogP contribution in [0.1, 0.15) is 49.7 Å². The number of ether oxygens (including phenoxy) is 1. The van der Waals surface area contributed by atoms with Crippen LogP contribution in [0.15, 0.2) is 48.5 Å². The van der Waals surface area contributed by atoms with Gasteiger partial charge >= 0.3 is 12.1 Å². The maximum absolute atomic E-state index is 12.4. The Morgan fingerprint density at radius 3 is 2.21 bits per heavy atom. The van der Waals surface area contributed by atoms with Crippen LogP contribution in [0.3, 0.4) is 0 Å². The summed E-state index contributed by atoms with van der Waals surface area (Å²) in [4.78, 5) is 35.9. The van der Waals surface area contributed by atoms with Crippen molar-refractivity contribution in [3.8, 4) is 11.1 Å². The molecule has 174 valence electrons. The zero-order chi connectivity index (χ0) is 23.4. The van der Waals surface area contributed by atoms with Crippen LogP contribution in [0.25, 0.3) is 11.1 Å². The van der Waals surface area contributed by atoms with Gasteiger partial charge in [-0.15, -0.1) is 0 Å². The Morgan fingerprint density at radius 1 is 1.03 bits per heavy atom. The summed E-state index contributed by atoms with van der Waals surface area (Å²) < 4.78 is 5.51. The van der Waals surface area contributed by atoms with Gasteiger partial charge in [0.15, 0.2) is 0 Å². The molecule has 1 unspecified atom stereocenters. The van der Waals surface area contributed by atoms with Crippen LogP contribution in [0.4, 0.5) is 4.79 Å². The van der Waals surface area contributed by atoms with Crippen LogP contribution < -0.4 is 10.6 Å². The number of aliphatic carboxylic acids is 1. The number of nitrogens with one attached hydrogen (secondary N) is 2. The largest absolute Gasteiger partial charge is 0.481 e. The van der Waals surface area contributed by atoms with E-state index in [1.54, 1.807) is 6.92 Å². The first-order valence-corrected chi connectivity index (χ1v) is 11.5. The summed E-state index contributed by atoms with van der Waals surface area (Å²) in [6.07, 6.45) is 2.22. The van der Waals surface area contributed by atoms with E-state index in [1.807, 2.05) is 24.3 Å². The second-order valence-electron chi connectivity index (χ2n) is 9.09. The highest BCUT2D eigenvalue weighted by atomic mass is 16.5. The van der Waals surface area contributed by atoms with E-state index in [4.69, 9.17) is 4.74 Å². The molecule has 1 fully saturated rings. The molecule has 2 aliphatic rings. The van der Waals surface area contributed by atoms with Crippen molar-refractivity contribution in [3.05, 3.63) is 59.7 Å². The van der Waals surface area contributed by atoms with Crippen molar-refractivity contribution < 1.29 is 24.2 Å². The number of benzene rings is 2. The fourth-order valence-electron chi connectivity index (χ4n) is 4.51. The van der Waals surface area contributed by atoms with Gasteiger partial charge in [-0.25, -0.2) is 4.79 Å². The Labute approximate surface area is 193 Å². The summed E-state index contributed by atoms with van der Waals surface area (Å²) >= 11 is 0. The molecule has 0 heterocycles. The molecule has 4 rings (SSSR count). The molecular weight excluding hydrogens is 420 g/mol. The summed E-state index contributed by atoms with van der Waals surface area (Å²) in [6.45, 7) is 2.04. The Hall–Kier alpha value is -3.35. The molecule has 7 heteroatoms. The van der Waals surface area contributed by atoms with Gasteiger partial charge in [0.1, 0.15) is 6.61 Å². The van der Waals surface area contributed by atoms with Crippen LogP contribution in [0.2, 0.25) is 0 Å². The summed E-state index contributed by atoms with van der Waals surface area (Å²) in [5.74, 6) is -1.29. The summed E-state index contributed by atoms with van der Waals surface area (Å²) in [5, 5.41) is 14.7. The standard InChI is InChI=1S/C26H30N2O5/c1-16(12-24(29)27-14-18(25(30)31)13-17-10-11-17)28-26(32)33-15-23-21-8-4-2-6-19(21)20-7-3-5-9-22(20)23/h2-9,16-18,23H,10-15H2,1H3,(H,27,29)(H,28,32)(H,30,31)/t16-,18?/m1/s1. The molecule has 1 saturated carbocycles. The molecule has 3 N–H and O–H groups in total. The number of carboxylic acids is 1. The van der Waals surface area contributed by atoms with Crippen molar-refractivity contribution in [2.75, 3.05) is 13.2 Å². The van der Waals surface area contributed by atoms with E-state index in [1.165, 1.54) is 0 Å². The molecule has 0 saturated heterocycles. The lowest BCUT2D eigenvalue weighted by Gasteiger charge is -2.18. The molecule has 0 aliphatic heterocycles. The third kappa shape index (κ3) is 5.72. The van der Waals surface area contributed by atoms with Crippen LogP contribution in [0, 0.1) is 11.8 Å².